The molecular weight excluding hydrogens is 293 g/mol. The number of carbonyl (C=O) groups is 1. The lowest BCUT2D eigenvalue weighted by Gasteiger charge is -2.20. The second-order valence-electron chi connectivity index (χ2n) is 4.36. The van der Waals surface area contributed by atoms with E-state index in [1.165, 1.54) is 0 Å². The van der Waals surface area contributed by atoms with Crippen molar-refractivity contribution in [2.45, 2.75) is 26.4 Å². The Bertz CT molecular complexity index is 427. The average Bonchev–Trinajstić information content (AvgIpc) is 2.08. The molecule has 0 saturated carbocycles. The van der Waals surface area contributed by atoms with Crippen LogP contribution in [0.2, 0.25) is 5.02 Å². The molecule has 1 rings (SSSR count). The molecule has 88 valence electrons. The third-order valence-corrected chi connectivity index (χ3v) is 2.56. The Morgan fingerprint density at radius 3 is 2.50 bits per heavy atom. The van der Waals surface area contributed by atoms with Gasteiger partial charge in [0.1, 0.15) is 5.60 Å². The highest BCUT2D eigenvalue weighted by molar-refractivity contribution is 9.10. The summed E-state index contributed by atoms with van der Waals surface area (Å²) in [5.41, 5.74) is 5.71. The second kappa shape index (κ2) is 4.63. The van der Waals surface area contributed by atoms with Gasteiger partial charge < -0.3 is 10.5 Å². The summed E-state index contributed by atoms with van der Waals surface area (Å²) in [7, 11) is 0. The van der Waals surface area contributed by atoms with Crippen LogP contribution < -0.4 is 5.73 Å². The van der Waals surface area contributed by atoms with Crippen LogP contribution in [0, 0.1) is 0 Å². The summed E-state index contributed by atoms with van der Waals surface area (Å²) >= 11 is 9.19. The summed E-state index contributed by atoms with van der Waals surface area (Å²) in [6.45, 7) is 5.38. The van der Waals surface area contributed by atoms with E-state index in [-0.39, 0.29) is 10.6 Å². The second-order valence-corrected chi connectivity index (χ2v) is 5.65. The summed E-state index contributed by atoms with van der Waals surface area (Å²) < 4.78 is 5.90. The van der Waals surface area contributed by atoms with Crippen LogP contribution in [-0.2, 0) is 4.74 Å². The van der Waals surface area contributed by atoms with Crippen LogP contribution in [0.5, 0.6) is 0 Å². The Morgan fingerprint density at radius 1 is 1.44 bits per heavy atom. The van der Waals surface area contributed by atoms with E-state index in [4.69, 9.17) is 22.1 Å². The van der Waals surface area contributed by atoms with Crippen molar-refractivity contribution in [3.63, 3.8) is 0 Å². The van der Waals surface area contributed by atoms with E-state index < -0.39 is 11.6 Å². The standard InChI is InChI=1S/C11H13BrClNO2/c1-11(2,3)16-10(15)7-4-6(12)5-8(14)9(7)13/h4-5H,14H2,1-3H3. The molecule has 3 nitrogen and oxygen atoms in total. The molecule has 0 aliphatic carbocycles. The van der Waals surface area contributed by atoms with Crippen molar-refractivity contribution in [3.05, 3.63) is 27.2 Å². The molecule has 0 amide bonds. The molecule has 0 fully saturated rings. The summed E-state index contributed by atoms with van der Waals surface area (Å²) in [5.74, 6) is -0.481. The molecule has 0 aliphatic rings. The first kappa shape index (κ1) is 13.3. The first-order chi connectivity index (χ1) is 7.20. The zero-order valence-electron chi connectivity index (χ0n) is 9.30. The van der Waals surface area contributed by atoms with Crippen molar-refractivity contribution in [1.82, 2.24) is 0 Å². The Kier molecular flexibility index (Phi) is 3.86. The molecule has 1 aromatic rings. The van der Waals surface area contributed by atoms with Gasteiger partial charge in [-0.2, -0.15) is 0 Å². The van der Waals surface area contributed by atoms with Gasteiger partial charge in [-0.25, -0.2) is 4.79 Å². The van der Waals surface area contributed by atoms with E-state index in [1.807, 2.05) is 0 Å². The van der Waals surface area contributed by atoms with Gasteiger partial charge in [-0.05, 0) is 32.9 Å². The Hall–Kier alpha value is -0.740. The van der Waals surface area contributed by atoms with Gasteiger partial charge in [-0.1, -0.05) is 27.5 Å². The van der Waals surface area contributed by atoms with Crippen molar-refractivity contribution in [3.8, 4) is 0 Å². The summed E-state index contributed by atoms with van der Waals surface area (Å²) in [5, 5.41) is 0.220. The maximum Gasteiger partial charge on any atom is 0.340 e. The topological polar surface area (TPSA) is 52.3 Å². The highest BCUT2D eigenvalue weighted by Crippen LogP contribution is 2.29. The highest BCUT2D eigenvalue weighted by atomic mass is 79.9. The first-order valence-corrected chi connectivity index (χ1v) is 5.85. The first-order valence-electron chi connectivity index (χ1n) is 4.68. The number of hydrogen-bond acceptors (Lipinski definition) is 3. The lowest BCUT2D eigenvalue weighted by atomic mass is 10.1. The van der Waals surface area contributed by atoms with Crippen molar-refractivity contribution in [1.29, 1.82) is 0 Å². The fourth-order valence-corrected chi connectivity index (χ4v) is 1.75. The molecule has 0 aromatic heterocycles. The molecule has 0 atom stereocenters. The van der Waals surface area contributed by atoms with E-state index in [2.05, 4.69) is 15.9 Å². The van der Waals surface area contributed by atoms with E-state index in [0.717, 1.165) is 0 Å². The van der Waals surface area contributed by atoms with Crippen LogP contribution in [0.3, 0.4) is 0 Å². The maximum absolute atomic E-state index is 11.8. The zero-order chi connectivity index (χ0) is 12.5. The van der Waals surface area contributed by atoms with Gasteiger partial charge in [0.2, 0.25) is 0 Å². The van der Waals surface area contributed by atoms with Gasteiger partial charge in [0.25, 0.3) is 0 Å². The molecule has 0 saturated heterocycles. The molecule has 5 heteroatoms. The summed E-state index contributed by atoms with van der Waals surface area (Å²) in [6.07, 6.45) is 0. The van der Waals surface area contributed by atoms with Crippen LogP contribution in [0.25, 0.3) is 0 Å². The van der Waals surface area contributed by atoms with Gasteiger partial charge in [0, 0.05) is 4.47 Å². The number of ether oxygens (including phenoxy) is 1. The number of hydrogen-bond donors (Lipinski definition) is 1. The van der Waals surface area contributed by atoms with E-state index in [1.54, 1.807) is 32.9 Å². The Labute approximate surface area is 108 Å². The third kappa shape index (κ3) is 3.39. The number of benzene rings is 1. The Morgan fingerprint density at radius 2 is 2.00 bits per heavy atom. The smallest absolute Gasteiger partial charge is 0.340 e. The molecule has 0 unspecified atom stereocenters. The normalized spacial score (nSPS) is 11.3. The van der Waals surface area contributed by atoms with Crippen molar-refractivity contribution in [2.24, 2.45) is 0 Å². The van der Waals surface area contributed by atoms with Crippen LogP contribution in [0.1, 0.15) is 31.1 Å². The molecule has 0 radical (unpaired) electrons. The maximum atomic E-state index is 11.8. The monoisotopic (exact) mass is 305 g/mol. The SMILES string of the molecule is CC(C)(C)OC(=O)c1cc(Br)cc(N)c1Cl. The average molecular weight is 307 g/mol. The zero-order valence-corrected chi connectivity index (χ0v) is 11.6. The van der Waals surface area contributed by atoms with Crippen LogP contribution in [0.4, 0.5) is 5.69 Å². The molecule has 16 heavy (non-hydrogen) atoms. The summed E-state index contributed by atoms with van der Waals surface area (Å²) in [6, 6.07) is 3.23. The molecule has 2 N–H and O–H groups in total. The van der Waals surface area contributed by atoms with Crippen molar-refractivity contribution < 1.29 is 9.53 Å². The summed E-state index contributed by atoms with van der Waals surface area (Å²) in [4.78, 5) is 11.8. The lowest BCUT2D eigenvalue weighted by Crippen LogP contribution is -2.24. The fraction of sp³-hybridized carbons (Fsp3) is 0.364. The van der Waals surface area contributed by atoms with E-state index >= 15 is 0 Å². The highest BCUT2D eigenvalue weighted by Gasteiger charge is 2.21. The van der Waals surface area contributed by atoms with E-state index in [0.29, 0.717) is 10.2 Å². The minimum Gasteiger partial charge on any atom is -0.456 e. The van der Waals surface area contributed by atoms with Gasteiger partial charge >= 0.3 is 5.97 Å². The molecule has 0 spiro atoms. The minimum absolute atomic E-state index is 0.220. The third-order valence-electron chi connectivity index (χ3n) is 1.68. The van der Waals surface area contributed by atoms with Crippen molar-refractivity contribution >= 4 is 39.2 Å². The van der Waals surface area contributed by atoms with Gasteiger partial charge in [0.05, 0.1) is 16.3 Å². The predicted molar refractivity (Wildman–Crippen MR) is 68.7 cm³/mol. The van der Waals surface area contributed by atoms with Gasteiger partial charge in [-0.15, -0.1) is 0 Å². The number of halogens is 2. The molecule has 0 heterocycles. The molecule has 1 aromatic carbocycles. The van der Waals surface area contributed by atoms with Gasteiger partial charge in [-0.3, -0.25) is 0 Å². The predicted octanol–water partition coefficient (Wildman–Crippen LogP) is 3.64. The van der Waals surface area contributed by atoms with Crippen molar-refractivity contribution in [2.75, 3.05) is 5.73 Å². The quantitative estimate of drug-likeness (QED) is 0.636. The van der Waals surface area contributed by atoms with Crippen LogP contribution in [-0.4, -0.2) is 11.6 Å². The number of nitrogens with two attached hydrogens (primary N) is 1. The molecule has 0 aliphatic heterocycles. The van der Waals surface area contributed by atoms with E-state index in [9.17, 15) is 4.79 Å². The van der Waals surface area contributed by atoms with Gasteiger partial charge in [0.15, 0.2) is 0 Å². The Balaban J connectivity index is 3.09. The lowest BCUT2D eigenvalue weighted by molar-refractivity contribution is 0.00697. The fourth-order valence-electron chi connectivity index (χ4n) is 1.09. The van der Waals surface area contributed by atoms with Crippen LogP contribution >= 0.6 is 27.5 Å². The number of anilines is 1. The van der Waals surface area contributed by atoms with Crippen LogP contribution in [0.15, 0.2) is 16.6 Å². The largest absolute Gasteiger partial charge is 0.456 e. The number of nitrogen functional groups attached to an aromatic ring is 1. The number of rotatable bonds is 1. The molecule has 0 bridgehead atoms. The molecular formula is C11H13BrClNO2. The minimum atomic E-state index is -0.558. The number of esters is 1. The number of carbonyl (C=O) groups excluding carboxylic acids is 1.